The normalized spacial score (nSPS) is 18.8. The summed E-state index contributed by atoms with van der Waals surface area (Å²) in [5.74, 6) is -1.06. The number of nitrogens with two attached hydrogens (primary N) is 1. The molecule has 3 N–H and O–H groups in total. The van der Waals surface area contributed by atoms with Crippen LogP contribution in [-0.4, -0.2) is 78.8 Å². The Hall–Kier alpha value is -1.18. The van der Waals surface area contributed by atoms with Crippen LogP contribution in [-0.2, 0) is 14.3 Å². The molecule has 0 saturated carbocycles. The summed E-state index contributed by atoms with van der Waals surface area (Å²) in [7, 11) is 0. The van der Waals surface area contributed by atoms with Crippen LogP contribution in [0.3, 0.4) is 0 Å². The van der Waals surface area contributed by atoms with E-state index in [0.717, 1.165) is 13.0 Å². The van der Waals surface area contributed by atoms with Crippen molar-refractivity contribution < 1.29 is 19.4 Å². The van der Waals surface area contributed by atoms with E-state index in [2.05, 4.69) is 4.90 Å². The fourth-order valence-corrected chi connectivity index (χ4v) is 2.09. The summed E-state index contributed by atoms with van der Waals surface area (Å²) in [5.41, 5.74) is 5.60. The average Bonchev–Trinajstić information content (AvgIpc) is 2.63. The number of aliphatic hydroxyl groups is 1. The SMILES string of the molecule is CCOC(=O)C(N)C(=O)N1CCCN(CCO)CC1. The number of amides is 1. The molecule has 0 aromatic heterocycles. The van der Waals surface area contributed by atoms with Crippen molar-refractivity contribution in [2.24, 2.45) is 5.73 Å². The van der Waals surface area contributed by atoms with Crippen molar-refractivity contribution in [3.05, 3.63) is 0 Å². The van der Waals surface area contributed by atoms with Crippen LogP contribution in [0.5, 0.6) is 0 Å². The number of hydrogen-bond donors (Lipinski definition) is 2. The minimum Gasteiger partial charge on any atom is -0.464 e. The van der Waals surface area contributed by atoms with E-state index in [9.17, 15) is 9.59 Å². The third-order valence-corrected chi connectivity index (χ3v) is 3.12. The highest BCUT2D eigenvalue weighted by atomic mass is 16.5. The molecule has 0 spiro atoms. The fraction of sp³-hybridized carbons (Fsp3) is 0.833. The van der Waals surface area contributed by atoms with Gasteiger partial charge in [0.15, 0.2) is 6.04 Å². The topological polar surface area (TPSA) is 96.1 Å². The predicted molar refractivity (Wildman–Crippen MR) is 69.3 cm³/mol. The van der Waals surface area contributed by atoms with Gasteiger partial charge in [0.1, 0.15) is 0 Å². The second kappa shape index (κ2) is 8.08. The van der Waals surface area contributed by atoms with Crippen molar-refractivity contribution in [3.8, 4) is 0 Å². The number of aliphatic hydroxyl groups excluding tert-OH is 1. The van der Waals surface area contributed by atoms with Crippen molar-refractivity contribution in [2.75, 3.05) is 45.9 Å². The lowest BCUT2D eigenvalue weighted by atomic mass is 10.2. The molecule has 0 aromatic rings. The average molecular weight is 273 g/mol. The van der Waals surface area contributed by atoms with Crippen LogP contribution in [0.15, 0.2) is 0 Å². The summed E-state index contributed by atoms with van der Waals surface area (Å²) in [6.07, 6.45) is 0.807. The molecule has 1 unspecified atom stereocenters. The highest BCUT2D eigenvalue weighted by Crippen LogP contribution is 2.05. The molecule has 0 aliphatic carbocycles. The molecule has 1 saturated heterocycles. The molecule has 0 bridgehead atoms. The van der Waals surface area contributed by atoms with Gasteiger partial charge in [-0.1, -0.05) is 0 Å². The van der Waals surface area contributed by atoms with Gasteiger partial charge in [-0.3, -0.25) is 9.69 Å². The Morgan fingerprint density at radius 1 is 1.32 bits per heavy atom. The summed E-state index contributed by atoms with van der Waals surface area (Å²) < 4.78 is 4.75. The summed E-state index contributed by atoms with van der Waals surface area (Å²) >= 11 is 0. The van der Waals surface area contributed by atoms with Gasteiger partial charge < -0.3 is 20.5 Å². The number of esters is 1. The molecule has 1 heterocycles. The molecule has 7 heteroatoms. The summed E-state index contributed by atoms with van der Waals surface area (Å²) in [4.78, 5) is 27.2. The van der Waals surface area contributed by atoms with Gasteiger partial charge in [0, 0.05) is 26.2 Å². The zero-order chi connectivity index (χ0) is 14.3. The minimum absolute atomic E-state index is 0.107. The second-order valence-electron chi connectivity index (χ2n) is 4.47. The first-order valence-electron chi connectivity index (χ1n) is 6.64. The molecular formula is C12H23N3O4. The van der Waals surface area contributed by atoms with Crippen LogP contribution < -0.4 is 5.73 Å². The Morgan fingerprint density at radius 2 is 2.05 bits per heavy atom. The van der Waals surface area contributed by atoms with Crippen molar-refractivity contribution in [3.63, 3.8) is 0 Å². The van der Waals surface area contributed by atoms with Gasteiger partial charge in [-0.2, -0.15) is 0 Å². The maximum Gasteiger partial charge on any atom is 0.332 e. The molecule has 1 rings (SSSR count). The third-order valence-electron chi connectivity index (χ3n) is 3.12. The van der Waals surface area contributed by atoms with E-state index in [0.29, 0.717) is 26.2 Å². The largest absolute Gasteiger partial charge is 0.464 e. The fourth-order valence-electron chi connectivity index (χ4n) is 2.09. The Bertz CT molecular complexity index is 311. The maximum absolute atomic E-state index is 12.1. The van der Waals surface area contributed by atoms with Gasteiger partial charge in [-0.25, -0.2) is 4.79 Å². The van der Waals surface area contributed by atoms with E-state index in [1.165, 1.54) is 0 Å². The minimum atomic E-state index is -1.23. The third kappa shape index (κ3) is 4.77. The number of β-amino-alcohol motifs (C(OH)–C–C–N with tert-alkyl or cyclic N) is 1. The van der Waals surface area contributed by atoms with Gasteiger partial charge in [0.2, 0.25) is 0 Å². The van der Waals surface area contributed by atoms with Crippen molar-refractivity contribution in [1.82, 2.24) is 9.80 Å². The first kappa shape index (κ1) is 15.9. The lowest BCUT2D eigenvalue weighted by Crippen LogP contribution is -2.50. The lowest BCUT2D eigenvalue weighted by Gasteiger charge is -2.23. The van der Waals surface area contributed by atoms with E-state index in [1.54, 1.807) is 11.8 Å². The Balaban J connectivity index is 2.50. The standard InChI is InChI=1S/C12H23N3O4/c1-2-19-12(18)10(13)11(17)15-5-3-4-14(6-7-15)8-9-16/h10,16H,2-9,13H2,1H3. The van der Waals surface area contributed by atoms with Crippen LogP contribution in [0.1, 0.15) is 13.3 Å². The zero-order valence-corrected chi connectivity index (χ0v) is 11.4. The number of hydrogen-bond acceptors (Lipinski definition) is 6. The Morgan fingerprint density at radius 3 is 2.68 bits per heavy atom. The van der Waals surface area contributed by atoms with Crippen LogP contribution in [0.25, 0.3) is 0 Å². The first-order chi connectivity index (χ1) is 9.10. The molecular weight excluding hydrogens is 250 g/mol. The molecule has 0 radical (unpaired) electrons. The van der Waals surface area contributed by atoms with Crippen LogP contribution in [0.2, 0.25) is 0 Å². The van der Waals surface area contributed by atoms with Crippen molar-refractivity contribution in [2.45, 2.75) is 19.4 Å². The monoisotopic (exact) mass is 273 g/mol. The zero-order valence-electron chi connectivity index (χ0n) is 11.4. The van der Waals surface area contributed by atoms with E-state index < -0.39 is 12.0 Å². The maximum atomic E-state index is 12.1. The number of carbonyl (C=O) groups is 2. The number of carbonyl (C=O) groups excluding carboxylic acids is 2. The molecule has 110 valence electrons. The smallest absolute Gasteiger partial charge is 0.332 e. The van der Waals surface area contributed by atoms with Crippen LogP contribution in [0.4, 0.5) is 0 Å². The Labute approximate surface area is 113 Å². The predicted octanol–water partition coefficient (Wildman–Crippen LogP) is -1.60. The number of rotatable bonds is 5. The van der Waals surface area contributed by atoms with Gasteiger partial charge in [-0.05, 0) is 19.9 Å². The quantitative estimate of drug-likeness (QED) is 0.463. The van der Waals surface area contributed by atoms with E-state index in [4.69, 9.17) is 15.6 Å². The lowest BCUT2D eigenvalue weighted by molar-refractivity contribution is -0.150. The molecule has 0 aromatic carbocycles. The van der Waals surface area contributed by atoms with Crippen LogP contribution >= 0.6 is 0 Å². The van der Waals surface area contributed by atoms with Crippen LogP contribution in [0, 0.1) is 0 Å². The van der Waals surface area contributed by atoms with E-state index in [-0.39, 0.29) is 19.1 Å². The van der Waals surface area contributed by atoms with Crippen molar-refractivity contribution in [1.29, 1.82) is 0 Å². The molecule has 1 fully saturated rings. The highest BCUT2D eigenvalue weighted by molar-refractivity contribution is 6.01. The molecule has 7 nitrogen and oxygen atoms in total. The summed E-state index contributed by atoms with van der Waals surface area (Å²) in [6, 6.07) is -1.23. The molecule has 1 aliphatic rings. The van der Waals surface area contributed by atoms with Gasteiger partial charge >= 0.3 is 5.97 Å². The first-order valence-corrected chi connectivity index (χ1v) is 6.64. The molecule has 1 aliphatic heterocycles. The summed E-state index contributed by atoms with van der Waals surface area (Å²) in [6.45, 7) is 5.21. The van der Waals surface area contributed by atoms with Gasteiger partial charge in [-0.15, -0.1) is 0 Å². The molecule has 1 atom stereocenters. The Kier molecular flexibility index (Phi) is 6.75. The summed E-state index contributed by atoms with van der Waals surface area (Å²) in [5, 5.41) is 8.90. The van der Waals surface area contributed by atoms with Gasteiger partial charge in [0.25, 0.3) is 5.91 Å². The number of ether oxygens (including phenoxy) is 1. The van der Waals surface area contributed by atoms with E-state index in [1.807, 2.05) is 0 Å². The second-order valence-corrected chi connectivity index (χ2v) is 4.47. The molecule has 1 amide bonds. The van der Waals surface area contributed by atoms with E-state index >= 15 is 0 Å². The van der Waals surface area contributed by atoms with Crippen molar-refractivity contribution >= 4 is 11.9 Å². The number of nitrogens with zero attached hydrogens (tertiary/aromatic N) is 2. The van der Waals surface area contributed by atoms with Gasteiger partial charge in [0.05, 0.1) is 13.2 Å². The molecule has 19 heavy (non-hydrogen) atoms. The highest BCUT2D eigenvalue weighted by Gasteiger charge is 2.29.